The third-order valence-electron chi connectivity index (χ3n) is 2.62. The summed E-state index contributed by atoms with van der Waals surface area (Å²) in [7, 11) is 2.08. The van der Waals surface area contributed by atoms with E-state index in [0.717, 1.165) is 33.1 Å². The van der Waals surface area contributed by atoms with Crippen LogP contribution in [0.3, 0.4) is 0 Å². The molecule has 0 aliphatic carbocycles. The topological polar surface area (TPSA) is 29.3 Å². The predicted octanol–water partition coefficient (Wildman–Crippen LogP) is 4.38. The quantitative estimate of drug-likeness (QED) is 0.833. The van der Waals surface area contributed by atoms with Crippen LogP contribution in [-0.2, 0) is 13.1 Å². The van der Waals surface area contributed by atoms with Crippen LogP contribution in [0.25, 0.3) is 0 Å². The van der Waals surface area contributed by atoms with Gasteiger partial charge in [-0.15, -0.1) is 11.3 Å². The van der Waals surface area contributed by atoms with E-state index in [1.165, 1.54) is 5.56 Å². The average Bonchev–Trinajstić information content (AvgIpc) is 2.69. The number of halogens is 2. The molecule has 0 saturated heterocycles. The summed E-state index contributed by atoms with van der Waals surface area (Å²) in [6, 6.07) is 7.74. The lowest BCUT2D eigenvalue weighted by molar-refractivity contribution is 0.320. The summed E-state index contributed by atoms with van der Waals surface area (Å²) < 4.78 is 1.16. The fraction of sp³-hybridized carbons (Fsp3) is 0.231. The van der Waals surface area contributed by atoms with Gasteiger partial charge >= 0.3 is 0 Å². The van der Waals surface area contributed by atoms with E-state index >= 15 is 0 Å². The minimum atomic E-state index is 0.728. The molecule has 0 saturated carbocycles. The van der Waals surface area contributed by atoms with Gasteiger partial charge in [0.1, 0.15) is 0 Å². The number of hydrogen-bond acceptors (Lipinski definition) is 3. The summed E-state index contributed by atoms with van der Waals surface area (Å²) in [4.78, 5) is 2.22. The van der Waals surface area contributed by atoms with Gasteiger partial charge < -0.3 is 5.73 Å². The zero-order valence-corrected chi connectivity index (χ0v) is 13.1. The Balaban J connectivity index is 2.02. The van der Waals surface area contributed by atoms with Crippen molar-refractivity contribution in [1.82, 2.24) is 4.90 Å². The average molecular weight is 346 g/mol. The van der Waals surface area contributed by atoms with Crippen LogP contribution in [0, 0.1) is 0 Å². The maximum absolute atomic E-state index is 5.99. The molecule has 0 amide bonds. The van der Waals surface area contributed by atoms with Gasteiger partial charge in [-0.05, 0) is 63.8 Å². The normalized spacial score (nSPS) is 11.1. The van der Waals surface area contributed by atoms with E-state index in [0.29, 0.717) is 0 Å². The highest BCUT2D eigenvalue weighted by atomic mass is 79.9. The predicted molar refractivity (Wildman–Crippen MR) is 83.1 cm³/mol. The van der Waals surface area contributed by atoms with Crippen LogP contribution in [0.1, 0.15) is 11.1 Å². The van der Waals surface area contributed by atoms with E-state index in [9.17, 15) is 0 Å². The second-order valence-electron chi connectivity index (χ2n) is 4.27. The van der Waals surface area contributed by atoms with Crippen LogP contribution in [0.15, 0.2) is 33.4 Å². The molecule has 0 bridgehead atoms. The van der Waals surface area contributed by atoms with Crippen molar-refractivity contribution in [2.24, 2.45) is 0 Å². The number of nitrogens with zero attached hydrogens (tertiary/aromatic N) is 1. The minimum absolute atomic E-state index is 0.728. The van der Waals surface area contributed by atoms with Gasteiger partial charge in [0.2, 0.25) is 0 Å². The number of nitrogen functional groups attached to an aromatic ring is 1. The summed E-state index contributed by atoms with van der Waals surface area (Å²) >= 11 is 11.2. The largest absolute Gasteiger partial charge is 0.398 e. The summed E-state index contributed by atoms with van der Waals surface area (Å²) in [5.41, 5.74) is 9.10. The zero-order chi connectivity index (χ0) is 13.1. The summed E-state index contributed by atoms with van der Waals surface area (Å²) in [5.74, 6) is 0. The van der Waals surface area contributed by atoms with Crippen molar-refractivity contribution in [3.05, 3.63) is 49.6 Å². The van der Waals surface area contributed by atoms with Crippen molar-refractivity contribution in [3.63, 3.8) is 0 Å². The first-order valence-corrected chi connectivity index (χ1v) is 7.55. The van der Waals surface area contributed by atoms with Gasteiger partial charge in [-0.2, -0.15) is 0 Å². The van der Waals surface area contributed by atoms with Crippen LogP contribution in [0.2, 0.25) is 5.02 Å². The molecule has 0 radical (unpaired) electrons. The molecule has 0 atom stereocenters. The lowest BCUT2D eigenvalue weighted by Crippen LogP contribution is -2.17. The molecule has 2 rings (SSSR count). The Morgan fingerprint density at radius 1 is 1.33 bits per heavy atom. The molecule has 0 fully saturated rings. The van der Waals surface area contributed by atoms with Crippen molar-refractivity contribution in [2.45, 2.75) is 13.1 Å². The second-order valence-corrected chi connectivity index (χ2v) is 7.00. The van der Waals surface area contributed by atoms with Crippen LogP contribution in [0.4, 0.5) is 5.69 Å². The highest BCUT2D eigenvalue weighted by Gasteiger charge is 2.06. The number of anilines is 1. The maximum Gasteiger partial charge on any atom is 0.0701 e. The molecule has 5 heteroatoms. The molecule has 2 N–H and O–H groups in total. The molecule has 0 spiro atoms. The summed E-state index contributed by atoms with van der Waals surface area (Å²) in [6.07, 6.45) is 0. The molecule has 0 aliphatic rings. The molecule has 2 aromatic rings. The Morgan fingerprint density at radius 2 is 2.11 bits per heavy atom. The molecular weight excluding hydrogens is 332 g/mol. The molecule has 18 heavy (non-hydrogen) atoms. The van der Waals surface area contributed by atoms with Crippen LogP contribution in [0.5, 0.6) is 0 Å². The monoisotopic (exact) mass is 344 g/mol. The highest BCUT2D eigenvalue weighted by Crippen LogP contribution is 2.23. The lowest BCUT2D eigenvalue weighted by Gasteiger charge is -2.17. The zero-order valence-electron chi connectivity index (χ0n) is 9.99. The molecular formula is C13H14BrClN2S. The molecule has 1 aromatic heterocycles. The Labute approximate surface area is 124 Å². The van der Waals surface area contributed by atoms with Crippen LogP contribution >= 0.6 is 38.9 Å². The second kappa shape index (κ2) is 6.06. The standard InChI is InChI=1S/C13H14BrClN2S/c1-17(6-9-4-13(14)18-8-9)7-10-5-11(15)2-3-12(10)16/h2-5,8H,6-7,16H2,1H3. The van der Waals surface area contributed by atoms with Gasteiger partial charge in [0.15, 0.2) is 0 Å². The number of nitrogens with two attached hydrogens (primary N) is 1. The fourth-order valence-electron chi connectivity index (χ4n) is 1.80. The Bertz CT molecular complexity index is 542. The van der Waals surface area contributed by atoms with E-state index in [1.54, 1.807) is 11.3 Å². The van der Waals surface area contributed by atoms with Crippen molar-refractivity contribution in [2.75, 3.05) is 12.8 Å². The van der Waals surface area contributed by atoms with Gasteiger partial charge in [-0.25, -0.2) is 0 Å². The van der Waals surface area contributed by atoms with Crippen molar-refractivity contribution in [3.8, 4) is 0 Å². The van der Waals surface area contributed by atoms with Gasteiger partial charge in [0.05, 0.1) is 3.79 Å². The Kier molecular flexibility index (Phi) is 4.67. The Morgan fingerprint density at radius 3 is 2.78 bits per heavy atom. The van der Waals surface area contributed by atoms with E-state index in [-0.39, 0.29) is 0 Å². The van der Waals surface area contributed by atoms with Crippen molar-refractivity contribution < 1.29 is 0 Å². The molecule has 1 heterocycles. The molecule has 96 valence electrons. The lowest BCUT2D eigenvalue weighted by atomic mass is 10.1. The molecule has 0 unspecified atom stereocenters. The fourth-order valence-corrected chi connectivity index (χ4v) is 3.19. The van der Waals surface area contributed by atoms with E-state index in [2.05, 4.69) is 39.3 Å². The van der Waals surface area contributed by atoms with Crippen LogP contribution in [-0.4, -0.2) is 11.9 Å². The first kappa shape index (κ1) is 13.9. The highest BCUT2D eigenvalue weighted by molar-refractivity contribution is 9.11. The Hall–Kier alpha value is -0.550. The maximum atomic E-state index is 5.99. The number of rotatable bonds is 4. The minimum Gasteiger partial charge on any atom is -0.398 e. The van der Waals surface area contributed by atoms with Crippen molar-refractivity contribution in [1.29, 1.82) is 0 Å². The van der Waals surface area contributed by atoms with Gasteiger partial charge in [0, 0.05) is 23.8 Å². The SMILES string of the molecule is CN(Cc1csc(Br)c1)Cc1cc(Cl)ccc1N. The van der Waals surface area contributed by atoms with Gasteiger partial charge in [0.25, 0.3) is 0 Å². The smallest absolute Gasteiger partial charge is 0.0701 e. The number of hydrogen-bond donors (Lipinski definition) is 1. The van der Waals surface area contributed by atoms with Gasteiger partial charge in [-0.1, -0.05) is 11.6 Å². The molecule has 0 aliphatic heterocycles. The summed E-state index contributed by atoms with van der Waals surface area (Å²) in [5, 5.41) is 2.88. The third-order valence-corrected chi connectivity index (χ3v) is 4.41. The van der Waals surface area contributed by atoms with Crippen LogP contribution < -0.4 is 5.73 Å². The number of benzene rings is 1. The van der Waals surface area contributed by atoms with E-state index in [4.69, 9.17) is 17.3 Å². The summed E-state index contributed by atoms with van der Waals surface area (Å²) in [6.45, 7) is 1.69. The third kappa shape index (κ3) is 3.72. The number of thiophene rings is 1. The molecule has 2 nitrogen and oxygen atoms in total. The first-order chi connectivity index (χ1) is 8.54. The molecule has 1 aromatic carbocycles. The first-order valence-electron chi connectivity index (χ1n) is 5.50. The van der Waals surface area contributed by atoms with Crippen molar-refractivity contribution >= 4 is 44.6 Å². The van der Waals surface area contributed by atoms with Gasteiger partial charge in [-0.3, -0.25) is 4.90 Å². The van der Waals surface area contributed by atoms with E-state index < -0.39 is 0 Å². The van der Waals surface area contributed by atoms with E-state index in [1.807, 2.05) is 18.2 Å².